The van der Waals surface area contributed by atoms with E-state index in [0.29, 0.717) is 11.7 Å². The van der Waals surface area contributed by atoms with Gasteiger partial charge in [-0.05, 0) is 25.1 Å². The molecule has 1 saturated heterocycles. The lowest BCUT2D eigenvalue weighted by atomic mass is 10.0. The lowest BCUT2D eigenvalue weighted by molar-refractivity contribution is 0.729. The molecule has 0 aromatic carbocycles. The molecule has 18 heavy (non-hydrogen) atoms. The molecule has 92 valence electrons. The average molecular weight is 242 g/mol. The molecule has 3 heterocycles. The van der Waals surface area contributed by atoms with Gasteiger partial charge in [0.1, 0.15) is 5.82 Å². The topological polar surface area (TPSA) is 70.7 Å². The highest BCUT2D eigenvalue weighted by atomic mass is 16.1. The van der Waals surface area contributed by atoms with E-state index in [1.165, 1.54) is 0 Å². The smallest absolute Gasteiger partial charge is 0.251 e. The van der Waals surface area contributed by atoms with Crippen molar-refractivity contribution in [3.8, 4) is 11.4 Å². The number of nitrogens with one attached hydrogen (secondary N) is 2. The van der Waals surface area contributed by atoms with E-state index in [4.69, 9.17) is 0 Å². The summed E-state index contributed by atoms with van der Waals surface area (Å²) >= 11 is 0. The van der Waals surface area contributed by atoms with Gasteiger partial charge < -0.3 is 10.3 Å². The standard InChI is InChI=1S/C13H14N4O/c18-12-7-11(10-3-6-15-8-10)16-13(17-12)9-1-4-14-5-2-9/h1-2,4-5,7,10,15H,3,6,8H2,(H,16,17,18)/t10-/m0/s1. The van der Waals surface area contributed by atoms with Gasteiger partial charge in [-0.3, -0.25) is 9.78 Å². The highest BCUT2D eigenvalue weighted by molar-refractivity contribution is 5.53. The first kappa shape index (κ1) is 11.1. The number of nitrogens with zero attached hydrogens (tertiary/aromatic N) is 2. The molecule has 0 saturated carbocycles. The fourth-order valence-corrected chi connectivity index (χ4v) is 2.24. The summed E-state index contributed by atoms with van der Waals surface area (Å²) in [5, 5.41) is 3.29. The number of aromatic nitrogens is 3. The molecule has 3 rings (SSSR count). The number of pyridine rings is 1. The summed E-state index contributed by atoms with van der Waals surface area (Å²) in [6, 6.07) is 5.28. The first-order valence-electron chi connectivity index (χ1n) is 6.05. The monoisotopic (exact) mass is 242 g/mol. The maximum atomic E-state index is 11.7. The van der Waals surface area contributed by atoms with Gasteiger partial charge in [-0.1, -0.05) is 0 Å². The van der Waals surface area contributed by atoms with E-state index >= 15 is 0 Å². The summed E-state index contributed by atoms with van der Waals surface area (Å²) in [6.07, 6.45) is 4.42. The summed E-state index contributed by atoms with van der Waals surface area (Å²) in [4.78, 5) is 23.0. The fraction of sp³-hybridized carbons (Fsp3) is 0.308. The molecule has 1 fully saturated rings. The highest BCUT2D eigenvalue weighted by Crippen LogP contribution is 2.21. The molecule has 0 amide bonds. The molecule has 0 aliphatic carbocycles. The van der Waals surface area contributed by atoms with Crippen molar-refractivity contribution in [2.45, 2.75) is 12.3 Å². The Kier molecular flexibility index (Phi) is 2.90. The van der Waals surface area contributed by atoms with Crippen LogP contribution < -0.4 is 10.9 Å². The van der Waals surface area contributed by atoms with Crippen LogP contribution in [0.5, 0.6) is 0 Å². The van der Waals surface area contributed by atoms with Gasteiger partial charge in [0.25, 0.3) is 5.56 Å². The predicted molar refractivity (Wildman–Crippen MR) is 68.3 cm³/mol. The van der Waals surface area contributed by atoms with Crippen LogP contribution in [0.15, 0.2) is 35.4 Å². The third kappa shape index (κ3) is 2.17. The summed E-state index contributed by atoms with van der Waals surface area (Å²) < 4.78 is 0. The van der Waals surface area contributed by atoms with Crippen LogP contribution in [0.25, 0.3) is 11.4 Å². The molecule has 5 heteroatoms. The van der Waals surface area contributed by atoms with Crippen LogP contribution in [0.2, 0.25) is 0 Å². The van der Waals surface area contributed by atoms with Crippen molar-refractivity contribution in [3.05, 3.63) is 46.6 Å². The highest BCUT2D eigenvalue weighted by Gasteiger charge is 2.19. The zero-order chi connectivity index (χ0) is 12.4. The molecule has 5 nitrogen and oxygen atoms in total. The molecule has 2 N–H and O–H groups in total. The van der Waals surface area contributed by atoms with E-state index in [9.17, 15) is 4.79 Å². The van der Waals surface area contributed by atoms with Gasteiger partial charge in [0.05, 0.1) is 5.69 Å². The van der Waals surface area contributed by atoms with Gasteiger partial charge in [-0.25, -0.2) is 4.98 Å². The van der Waals surface area contributed by atoms with Crippen LogP contribution in [0.1, 0.15) is 18.0 Å². The Balaban J connectivity index is 2.03. The first-order valence-corrected chi connectivity index (χ1v) is 6.05. The maximum Gasteiger partial charge on any atom is 0.251 e. The third-order valence-corrected chi connectivity index (χ3v) is 3.19. The van der Waals surface area contributed by atoms with Crippen LogP contribution in [0, 0.1) is 0 Å². The molecule has 0 unspecified atom stereocenters. The number of hydrogen-bond donors (Lipinski definition) is 2. The van der Waals surface area contributed by atoms with E-state index in [2.05, 4.69) is 20.3 Å². The van der Waals surface area contributed by atoms with Crippen LogP contribution in [-0.4, -0.2) is 28.0 Å². The van der Waals surface area contributed by atoms with Gasteiger partial charge in [0, 0.05) is 36.5 Å². The van der Waals surface area contributed by atoms with Gasteiger partial charge in [-0.2, -0.15) is 0 Å². The normalized spacial score (nSPS) is 19.0. The van der Waals surface area contributed by atoms with Crippen molar-refractivity contribution in [2.75, 3.05) is 13.1 Å². The average Bonchev–Trinajstić information content (AvgIpc) is 2.93. The minimum atomic E-state index is -0.0984. The zero-order valence-electron chi connectivity index (χ0n) is 9.89. The Hall–Kier alpha value is -2.01. The van der Waals surface area contributed by atoms with E-state index in [1.807, 2.05) is 12.1 Å². The molecule has 2 aromatic heterocycles. The number of rotatable bonds is 2. The molecule has 1 aliphatic heterocycles. The summed E-state index contributed by atoms with van der Waals surface area (Å²) in [7, 11) is 0. The van der Waals surface area contributed by atoms with Crippen LogP contribution >= 0.6 is 0 Å². The van der Waals surface area contributed by atoms with E-state index < -0.39 is 0 Å². The lowest BCUT2D eigenvalue weighted by Gasteiger charge is -2.09. The fourth-order valence-electron chi connectivity index (χ4n) is 2.24. The quantitative estimate of drug-likeness (QED) is 0.821. The number of aromatic amines is 1. The van der Waals surface area contributed by atoms with Crippen molar-refractivity contribution in [3.63, 3.8) is 0 Å². The van der Waals surface area contributed by atoms with E-state index in [0.717, 1.165) is 30.8 Å². The third-order valence-electron chi connectivity index (χ3n) is 3.19. The SMILES string of the molecule is O=c1cc([C@H]2CCNC2)nc(-c2ccncc2)[nH]1. The van der Waals surface area contributed by atoms with Crippen molar-refractivity contribution in [1.29, 1.82) is 0 Å². The largest absolute Gasteiger partial charge is 0.316 e. The van der Waals surface area contributed by atoms with Crippen molar-refractivity contribution in [2.24, 2.45) is 0 Å². The van der Waals surface area contributed by atoms with Gasteiger partial charge >= 0.3 is 0 Å². The van der Waals surface area contributed by atoms with E-state index in [-0.39, 0.29) is 5.56 Å². The zero-order valence-corrected chi connectivity index (χ0v) is 9.89. The lowest BCUT2D eigenvalue weighted by Crippen LogP contribution is -2.15. The summed E-state index contributed by atoms with van der Waals surface area (Å²) in [6.45, 7) is 1.88. The molecule has 1 aliphatic rings. The van der Waals surface area contributed by atoms with Gasteiger partial charge in [0.15, 0.2) is 0 Å². The second kappa shape index (κ2) is 4.70. The summed E-state index contributed by atoms with van der Waals surface area (Å²) in [5.74, 6) is 0.958. The predicted octanol–water partition coefficient (Wildman–Crippen LogP) is 0.909. The number of H-pyrrole nitrogens is 1. The van der Waals surface area contributed by atoms with Crippen molar-refractivity contribution in [1.82, 2.24) is 20.3 Å². The Labute approximate surface area is 104 Å². The Morgan fingerprint density at radius 3 is 2.83 bits per heavy atom. The summed E-state index contributed by atoms with van der Waals surface area (Å²) in [5.41, 5.74) is 1.66. The number of hydrogen-bond acceptors (Lipinski definition) is 4. The van der Waals surface area contributed by atoms with Crippen molar-refractivity contribution < 1.29 is 0 Å². The maximum absolute atomic E-state index is 11.7. The van der Waals surface area contributed by atoms with Crippen LogP contribution in [0.4, 0.5) is 0 Å². The molecule has 0 radical (unpaired) electrons. The second-order valence-electron chi connectivity index (χ2n) is 4.44. The van der Waals surface area contributed by atoms with Crippen LogP contribution in [-0.2, 0) is 0 Å². The Morgan fingerprint density at radius 2 is 2.11 bits per heavy atom. The minimum absolute atomic E-state index is 0.0984. The molecule has 0 spiro atoms. The molecular formula is C13H14N4O. The second-order valence-corrected chi connectivity index (χ2v) is 4.44. The van der Waals surface area contributed by atoms with Gasteiger partial charge in [0.2, 0.25) is 0 Å². The Bertz CT molecular complexity index is 587. The minimum Gasteiger partial charge on any atom is -0.316 e. The van der Waals surface area contributed by atoms with Crippen LogP contribution in [0.3, 0.4) is 0 Å². The molecule has 0 bridgehead atoms. The molecule has 2 aromatic rings. The molecular weight excluding hydrogens is 228 g/mol. The van der Waals surface area contributed by atoms with Gasteiger partial charge in [-0.15, -0.1) is 0 Å². The molecule has 1 atom stereocenters. The first-order chi connectivity index (χ1) is 8.83. The van der Waals surface area contributed by atoms with E-state index in [1.54, 1.807) is 18.5 Å². The van der Waals surface area contributed by atoms with Crippen molar-refractivity contribution >= 4 is 0 Å². The Morgan fingerprint density at radius 1 is 1.28 bits per heavy atom.